The third kappa shape index (κ3) is 7.02. The second-order valence-corrected chi connectivity index (χ2v) is 14.2. The molecule has 0 N–H and O–H groups in total. The maximum Gasteiger partial charge on any atom is 0.126 e. The minimum atomic E-state index is -0.0713. The standard InChI is InChI=1S/C37H46NOP/c1-9-37(8,40-35-26(2)17-16-22-32(35)28(4)38-31-20-14-11-15-21-31)33-24-30(36(5,6)7)23-27(3)34(33)39-25-29-18-12-10-13-19-29/h10-15,17-21,23-24,40H,9,16,22,25H2,1-8H3/t37-/m0/s1. The van der Waals surface area contributed by atoms with Crippen LogP contribution in [0.4, 0.5) is 5.69 Å². The number of nitrogens with zero attached hydrogens (tertiary/aromatic N) is 1. The number of aliphatic imine (C=N–C) groups is 1. The predicted octanol–water partition coefficient (Wildman–Crippen LogP) is 11.0. The van der Waals surface area contributed by atoms with E-state index in [1.165, 1.54) is 38.7 Å². The van der Waals surface area contributed by atoms with E-state index in [-0.39, 0.29) is 10.6 Å². The Balaban J connectivity index is 1.81. The summed E-state index contributed by atoms with van der Waals surface area (Å²) in [6.45, 7) is 19.0. The second kappa shape index (κ2) is 12.7. The number of aryl methyl sites for hydroxylation is 1. The van der Waals surface area contributed by atoms with Crippen molar-refractivity contribution in [3.63, 3.8) is 0 Å². The lowest BCUT2D eigenvalue weighted by atomic mass is 9.82. The summed E-state index contributed by atoms with van der Waals surface area (Å²) >= 11 is 0. The van der Waals surface area contributed by atoms with Crippen molar-refractivity contribution in [1.29, 1.82) is 0 Å². The van der Waals surface area contributed by atoms with E-state index in [2.05, 4.69) is 128 Å². The highest BCUT2D eigenvalue weighted by atomic mass is 31.1. The molecule has 0 radical (unpaired) electrons. The van der Waals surface area contributed by atoms with Gasteiger partial charge in [-0.05, 0) is 90.7 Å². The second-order valence-electron chi connectivity index (χ2n) is 12.3. The van der Waals surface area contributed by atoms with Crippen molar-refractivity contribution >= 4 is 20.0 Å². The molecule has 2 nitrogen and oxygen atoms in total. The van der Waals surface area contributed by atoms with Gasteiger partial charge in [0.2, 0.25) is 0 Å². The highest BCUT2D eigenvalue weighted by Crippen LogP contribution is 2.56. The summed E-state index contributed by atoms with van der Waals surface area (Å²) in [7, 11) is 0.611. The first-order valence-electron chi connectivity index (χ1n) is 14.6. The van der Waals surface area contributed by atoms with Crippen LogP contribution in [0.25, 0.3) is 0 Å². The fourth-order valence-electron chi connectivity index (χ4n) is 5.36. The fraction of sp³-hybridized carbons (Fsp3) is 0.378. The molecule has 0 bridgehead atoms. The molecule has 40 heavy (non-hydrogen) atoms. The Morgan fingerprint density at radius 1 is 0.925 bits per heavy atom. The first kappa shape index (κ1) is 30.0. The fourth-order valence-corrected chi connectivity index (χ4v) is 7.16. The van der Waals surface area contributed by atoms with Crippen LogP contribution in [0.1, 0.15) is 90.0 Å². The molecule has 2 atom stereocenters. The van der Waals surface area contributed by atoms with E-state index < -0.39 is 0 Å². The van der Waals surface area contributed by atoms with Crippen molar-refractivity contribution in [2.24, 2.45) is 4.99 Å². The van der Waals surface area contributed by atoms with Crippen molar-refractivity contribution in [2.45, 2.75) is 91.8 Å². The Morgan fingerprint density at radius 2 is 1.57 bits per heavy atom. The van der Waals surface area contributed by atoms with Crippen LogP contribution in [-0.2, 0) is 17.2 Å². The zero-order valence-corrected chi connectivity index (χ0v) is 26.7. The van der Waals surface area contributed by atoms with Crippen LogP contribution in [0.3, 0.4) is 0 Å². The number of allylic oxidation sites excluding steroid dienone is 4. The summed E-state index contributed by atoms with van der Waals surface area (Å²) in [5.41, 5.74) is 10.1. The molecule has 0 aliphatic heterocycles. The number of benzene rings is 3. The van der Waals surface area contributed by atoms with Gasteiger partial charge in [-0.2, -0.15) is 0 Å². The Kier molecular flexibility index (Phi) is 9.52. The molecule has 4 rings (SSSR count). The highest BCUT2D eigenvalue weighted by molar-refractivity contribution is 7.45. The summed E-state index contributed by atoms with van der Waals surface area (Å²) in [6, 6.07) is 25.6. The van der Waals surface area contributed by atoms with Crippen LogP contribution in [0.15, 0.2) is 100 Å². The lowest BCUT2D eigenvalue weighted by molar-refractivity contribution is 0.297. The normalized spacial score (nSPS) is 16.3. The number of hydrogen-bond donors (Lipinski definition) is 0. The number of rotatable bonds is 9. The average Bonchev–Trinajstić information content (AvgIpc) is 2.93. The van der Waals surface area contributed by atoms with Crippen molar-refractivity contribution in [2.75, 3.05) is 0 Å². The molecule has 0 aromatic heterocycles. The molecule has 1 aliphatic rings. The molecule has 3 aromatic carbocycles. The largest absolute Gasteiger partial charge is 0.488 e. The molecule has 0 amide bonds. The highest BCUT2D eigenvalue weighted by Gasteiger charge is 2.34. The number of ether oxygens (including phenoxy) is 1. The smallest absolute Gasteiger partial charge is 0.126 e. The van der Waals surface area contributed by atoms with E-state index in [0.29, 0.717) is 15.2 Å². The van der Waals surface area contributed by atoms with Gasteiger partial charge in [-0.3, -0.25) is 4.99 Å². The van der Waals surface area contributed by atoms with E-state index in [9.17, 15) is 0 Å². The maximum atomic E-state index is 6.69. The molecule has 0 heterocycles. The van der Waals surface area contributed by atoms with Crippen LogP contribution >= 0.6 is 8.58 Å². The predicted molar refractivity (Wildman–Crippen MR) is 176 cm³/mol. The molecule has 1 unspecified atom stereocenters. The van der Waals surface area contributed by atoms with E-state index in [0.717, 1.165) is 36.4 Å². The SMILES string of the molecule is CC[C@](C)(PC1=C(C(C)=Nc2ccccc2)CCC=C1C)c1cc(C(C)(C)C)cc(C)c1OCc1ccccc1. The molecule has 210 valence electrons. The van der Waals surface area contributed by atoms with Gasteiger partial charge < -0.3 is 4.74 Å². The number of hydrogen-bond acceptors (Lipinski definition) is 2. The van der Waals surface area contributed by atoms with Crippen LogP contribution in [-0.4, -0.2) is 5.71 Å². The van der Waals surface area contributed by atoms with E-state index in [4.69, 9.17) is 9.73 Å². The monoisotopic (exact) mass is 551 g/mol. The van der Waals surface area contributed by atoms with Crippen LogP contribution in [0.2, 0.25) is 0 Å². The van der Waals surface area contributed by atoms with Crippen molar-refractivity contribution in [1.82, 2.24) is 0 Å². The Bertz CT molecular complexity index is 1410. The maximum absolute atomic E-state index is 6.69. The Labute approximate surface area is 244 Å². The van der Waals surface area contributed by atoms with Gasteiger partial charge in [-0.25, -0.2) is 0 Å². The first-order chi connectivity index (χ1) is 19.0. The minimum Gasteiger partial charge on any atom is -0.488 e. The molecular weight excluding hydrogens is 505 g/mol. The minimum absolute atomic E-state index is 0.0548. The topological polar surface area (TPSA) is 21.6 Å². The summed E-state index contributed by atoms with van der Waals surface area (Å²) in [4.78, 5) is 5.05. The quantitative estimate of drug-likeness (QED) is 0.191. The molecule has 0 saturated carbocycles. The molecule has 0 spiro atoms. The Hall–Kier alpha value is -2.96. The van der Waals surface area contributed by atoms with Gasteiger partial charge in [0.15, 0.2) is 0 Å². The van der Waals surface area contributed by atoms with Gasteiger partial charge in [-0.15, -0.1) is 0 Å². The summed E-state index contributed by atoms with van der Waals surface area (Å²) in [5, 5.41) is 1.40. The van der Waals surface area contributed by atoms with E-state index in [1.807, 2.05) is 6.07 Å². The van der Waals surface area contributed by atoms with Crippen molar-refractivity contribution < 1.29 is 4.74 Å². The average molecular weight is 552 g/mol. The zero-order valence-electron chi connectivity index (χ0n) is 25.7. The van der Waals surface area contributed by atoms with Gasteiger partial charge in [0.05, 0.1) is 5.69 Å². The molecule has 1 aliphatic carbocycles. The van der Waals surface area contributed by atoms with Crippen LogP contribution < -0.4 is 4.74 Å². The lowest BCUT2D eigenvalue weighted by Crippen LogP contribution is -2.21. The van der Waals surface area contributed by atoms with Crippen LogP contribution in [0, 0.1) is 6.92 Å². The van der Waals surface area contributed by atoms with Crippen molar-refractivity contribution in [3.8, 4) is 5.75 Å². The first-order valence-corrected chi connectivity index (χ1v) is 15.6. The molecule has 3 aromatic rings. The molecule has 0 saturated heterocycles. The lowest BCUT2D eigenvalue weighted by Gasteiger charge is -2.36. The molecule has 0 fully saturated rings. The van der Waals surface area contributed by atoms with Crippen molar-refractivity contribution in [3.05, 3.63) is 118 Å². The van der Waals surface area contributed by atoms with E-state index in [1.54, 1.807) is 0 Å². The van der Waals surface area contributed by atoms with Gasteiger partial charge in [-0.1, -0.05) is 110 Å². The molecule has 3 heteroatoms. The summed E-state index contributed by atoms with van der Waals surface area (Å²) in [5.74, 6) is 1.04. The Morgan fingerprint density at radius 3 is 2.20 bits per heavy atom. The number of para-hydroxylation sites is 1. The van der Waals surface area contributed by atoms with Crippen LogP contribution in [0.5, 0.6) is 5.75 Å². The zero-order chi connectivity index (χ0) is 28.9. The third-order valence-corrected chi connectivity index (χ3v) is 10.2. The van der Waals surface area contributed by atoms with Gasteiger partial charge >= 0.3 is 0 Å². The summed E-state index contributed by atoms with van der Waals surface area (Å²) < 4.78 is 6.69. The van der Waals surface area contributed by atoms with E-state index >= 15 is 0 Å². The third-order valence-electron chi connectivity index (χ3n) is 8.10. The summed E-state index contributed by atoms with van der Waals surface area (Å²) in [6.07, 6.45) is 5.56. The molecular formula is C37H46NOP. The van der Waals surface area contributed by atoms with Gasteiger partial charge in [0.1, 0.15) is 12.4 Å². The van der Waals surface area contributed by atoms with Gasteiger partial charge in [0.25, 0.3) is 0 Å². The van der Waals surface area contributed by atoms with Gasteiger partial charge in [0, 0.05) is 16.4 Å².